The molecule has 3 rings (SSSR count). The standard InChI is InChI=1S/C17H20BrN3O2S/c1-20(17(22)14-4-2-3-5-15(14)18)10-13-12-24-16(19-13)11-21-6-8-23-9-7-21/h2-5,12H,6-11H2,1H3. The summed E-state index contributed by atoms with van der Waals surface area (Å²) in [4.78, 5) is 21.3. The lowest BCUT2D eigenvalue weighted by atomic mass is 10.2. The summed E-state index contributed by atoms with van der Waals surface area (Å²) in [5, 5.41) is 3.13. The van der Waals surface area contributed by atoms with Crippen molar-refractivity contribution < 1.29 is 9.53 Å². The zero-order valence-corrected chi connectivity index (χ0v) is 16.0. The van der Waals surface area contributed by atoms with Crippen molar-refractivity contribution in [1.82, 2.24) is 14.8 Å². The summed E-state index contributed by atoms with van der Waals surface area (Å²) in [5.41, 5.74) is 1.61. The van der Waals surface area contributed by atoms with Gasteiger partial charge in [-0.1, -0.05) is 12.1 Å². The third-order valence-electron chi connectivity index (χ3n) is 3.91. The molecule has 2 aromatic rings. The Morgan fingerprint density at radius 2 is 2.12 bits per heavy atom. The first-order chi connectivity index (χ1) is 11.6. The SMILES string of the molecule is CN(Cc1csc(CN2CCOCC2)n1)C(=O)c1ccccc1Br. The molecular weight excluding hydrogens is 390 g/mol. The van der Waals surface area contributed by atoms with Crippen molar-refractivity contribution in [2.75, 3.05) is 33.4 Å². The van der Waals surface area contributed by atoms with Crippen LogP contribution in [-0.2, 0) is 17.8 Å². The topological polar surface area (TPSA) is 45.7 Å². The van der Waals surface area contributed by atoms with Crippen molar-refractivity contribution in [3.8, 4) is 0 Å². The highest BCUT2D eigenvalue weighted by Crippen LogP contribution is 2.19. The predicted octanol–water partition coefficient (Wildman–Crippen LogP) is 3.01. The number of ether oxygens (including phenoxy) is 1. The molecule has 2 heterocycles. The van der Waals surface area contributed by atoms with Crippen LogP contribution in [0.5, 0.6) is 0 Å². The fraction of sp³-hybridized carbons (Fsp3) is 0.412. The second kappa shape index (κ2) is 8.20. The molecule has 128 valence electrons. The zero-order valence-electron chi connectivity index (χ0n) is 13.6. The molecular formula is C17H20BrN3O2S. The third kappa shape index (κ3) is 4.42. The third-order valence-corrected chi connectivity index (χ3v) is 5.49. The van der Waals surface area contributed by atoms with Crippen LogP contribution in [-0.4, -0.2) is 54.0 Å². The van der Waals surface area contributed by atoms with E-state index in [1.165, 1.54) is 0 Å². The number of benzene rings is 1. The van der Waals surface area contributed by atoms with Gasteiger partial charge < -0.3 is 9.64 Å². The van der Waals surface area contributed by atoms with Crippen LogP contribution >= 0.6 is 27.3 Å². The number of hydrogen-bond acceptors (Lipinski definition) is 5. The Morgan fingerprint density at radius 3 is 2.88 bits per heavy atom. The van der Waals surface area contributed by atoms with Crippen LogP contribution < -0.4 is 0 Å². The van der Waals surface area contributed by atoms with Crippen LogP contribution in [0.25, 0.3) is 0 Å². The van der Waals surface area contributed by atoms with E-state index in [1.807, 2.05) is 36.7 Å². The molecule has 1 aliphatic heterocycles. The van der Waals surface area contributed by atoms with E-state index in [0.29, 0.717) is 12.1 Å². The van der Waals surface area contributed by atoms with Crippen molar-refractivity contribution >= 4 is 33.2 Å². The molecule has 24 heavy (non-hydrogen) atoms. The summed E-state index contributed by atoms with van der Waals surface area (Å²) in [7, 11) is 1.81. The molecule has 1 aromatic heterocycles. The maximum absolute atomic E-state index is 12.5. The van der Waals surface area contributed by atoms with E-state index in [9.17, 15) is 4.79 Å². The van der Waals surface area contributed by atoms with Crippen molar-refractivity contribution in [3.63, 3.8) is 0 Å². The smallest absolute Gasteiger partial charge is 0.255 e. The molecule has 0 saturated carbocycles. The summed E-state index contributed by atoms with van der Waals surface area (Å²) < 4.78 is 6.18. The number of amides is 1. The van der Waals surface area contributed by atoms with Gasteiger partial charge in [-0.2, -0.15) is 0 Å². The van der Waals surface area contributed by atoms with E-state index in [2.05, 4.69) is 25.8 Å². The van der Waals surface area contributed by atoms with Crippen molar-refractivity contribution in [3.05, 3.63) is 50.4 Å². The number of hydrogen-bond donors (Lipinski definition) is 0. The molecule has 0 atom stereocenters. The lowest BCUT2D eigenvalue weighted by Crippen LogP contribution is -2.35. The van der Waals surface area contributed by atoms with E-state index in [0.717, 1.165) is 48.0 Å². The normalized spacial score (nSPS) is 15.4. The second-order valence-corrected chi connectivity index (χ2v) is 7.56. The highest BCUT2D eigenvalue weighted by Gasteiger charge is 2.17. The van der Waals surface area contributed by atoms with Crippen LogP contribution in [0.2, 0.25) is 0 Å². The Balaban J connectivity index is 1.59. The second-order valence-electron chi connectivity index (χ2n) is 5.76. The summed E-state index contributed by atoms with van der Waals surface area (Å²) in [5.74, 6) is -0.00907. The average molecular weight is 410 g/mol. The Morgan fingerprint density at radius 1 is 1.38 bits per heavy atom. The molecule has 0 N–H and O–H groups in total. The maximum atomic E-state index is 12.5. The van der Waals surface area contributed by atoms with Gasteiger partial charge in [0, 0.05) is 30.0 Å². The van der Waals surface area contributed by atoms with Crippen LogP contribution in [0, 0.1) is 0 Å². The predicted molar refractivity (Wildman–Crippen MR) is 98.1 cm³/mol. The van der Waals surface area contributed by atoms with Crippen LogP contribution in [0.3, 0.4) is 0 Å². The number of carbonyl (C=O) groups is 1. The van der Waals surface area contributed by atoms with Gasteiger partial charge in [-0.3, -0.25) is 9.69 Å². The molecule has 1 amide bonds. The first-order valence-electron chi connectivity index (χ1n) is 7.87. The molecule has 0 spiro atoms. The van der Waals surface area contributed by atoms with E-state index in [4.69, 9.17) is 4.74 Å². The van der Waals surface area contributed by atoms with Crippen LogP contribution in [0.4, 0.5) is 0 Å². The molecule has 0 aliphatic carbocycles. The lowest BCUT2D eigenvalue weighted by Gasteiger charge is -2.25. The number of halogens is 1. The van der Waals surface area contributed by atoms with Gasteiger partial charge in [-0.25, -0.2) is 4.98 Å². The van der Waals surface area contributed by atoms with Gasteiger partial charge in [-0.05, 0) is 28.1 Å². The van der Waals surface area contributed by atoms with Gasteiger partial charge in [-0.15, -0.1) is 11.3 Å². The van der Waals surface area contributed by atoms with Gasteiger partial charge in [0.15, 0.2) is 0 Å². The largest absolute Gasteiger partial charge is 0.379 e. The number of morpholine rings is 1. The van der Waals surface area contributed by atoms with Crippen LogP contribution in [0.15, 0.2) is 34.1 Å². The Bertz CT molecular complexity index is 701. The minimum atomic E-state index is -0.00907. The molecule has 1 saturated heterocycles. The number of aromatic nitrogens is 1. The first-order valence-corrected chi connectivity index (χ1v) is 9.54. The quantitative estimate of drug-likeness (QED) is 0.761. The van der Waals surface area contributed by atoms with Gasteiger partial charge in [0.25, 0.3) is 5.91 Å². The first kappa shape index (κ1) is 17.5. The average Bonchev–Trinajstić information content (AvgIpc) is 3.02. The van der Waals surface area contributed by atoms with Crippen molar-refractivity contribution in [2.45, 2.75) is 13.1 Å². The highest BCUT2D eigenvalue weighted by atomic mass is 79.9. The van der Waals surface area contributed by atoms with Gasteiger partial charge in [0.1, 0.15) is 5.01 Å². The maximum Gasteiger partial charge on any atom is 0.255 e. The molecule has 0 bridgehead atoms. The van der Waals surface area contributed by atoms with Gasteiger partial charge >= 0.3 is 0 Å². The number of carbonyl (C=O) groups excluding carboxylic acids is 1. The fourth-order valence-corrected chi connectivity index (χ4v) is 3.88. The molecule has 0 unspecified atom stereocenters. The lowest BCUT2D eigenvalue weighted by molar-refractivity contribution is 0.0341. The summed E-state index contributed by atoms with van der Waals surface area (Å²) in [6, 6.07) is 7.48. The molecule has 1 aromatic carbocycles. The van der Waals surface area contributed by atoms with Gasteiger partial charge in [0.2, 0.25) is 0 Å². The Kier molecular flexibility index (Phi) is 5.99. The van der Waals surface area contributed by atoms with Gasteiger partial charge in [0.05, 0.1) is 37.6 Å². The molecule has 7 heteroatoms. The monoisotopic (exact) mass is 409 g/mol. The summed E-state index contributed by atoms with van der Waals surface area (Å²) >= 11 is 5.09. The minimum Gasteiger partial charge on any atom is -0.379 e. The Labute approximate surface area is 154 Å². The van der Waals surface area contributed by atoms with E-state index in [-0.39, 0.29) is 5.91 Å². The minimum absolute atomic E-state index is 0.00907. The van der Waals surface area contributed by atoms with Crippen molar-refractivity contribution in [2.24, 2.45) is 0 Å². The Hall–Kier alpha value is -1.28. The highest BCUT2D eigenvalue weighted by molar-refractivity contribution is 9.10. The summed E-state index contributed by atoms with van der Waals surface area (Å²) in [6.07, 6.45) is 0. The molecule has 0 radical (unpaired) electrons. The van der Waals surface area contributed by atoms with Crippen molar-refractivity contribution in [1.29, 1.82) is 0 Å². The molecule has 1 fully saturated rings. The summed E-state index contributed by atoms with van der Waals surface area (Å²) in [6.45, 7) is 4.86. The van der Waals surface area contributed by atoms with Crippen LogP contribution in [0.1, 0.15) is 21.1 Å². The van der Waals surface area contributed by atoms with E-state index >= 15 is 0 Å². The van der Waals surface area contributed by atoms with E-state index in [1.54, 1.807) is 16.2 Å². The molecule has 5 nitrogen and oxygen atoms in total. The fourth-order valence-electron chi connectivity index (χ4n) is 2.60. The molecule has 1 aliphatic rings. The number of nitrogens with zero attached hydrogens (tertiary/aromatic N) is 3. The zero-order chi connectivity index (χ0) is 16.9. The van der Waals surface area contributed by atoms with E-state index < -0.39 is 0 Å². The number of rotatable bonds is 5. The number of thiazole rings is 1.